The number of anilines is 1. The molecule has 3 aromatic rings. The molecule has 0 atom stereocenters. The van der Waals surface area contributed by atoms with E-state index >= 15 is 0 Å². The van der Waals surface area contributed by atoms with Gasteiger partial charge in [0, 0.05) is 24.0 Å². The number of hydrogen-bond donors (Lipinski definition) is 3. The molecule has 0 aliphatic heterocycles. The molecule has 0 aromatic carbocycles. The molecule has 0 fully saturated rings. The molecule has 10 heteroatoms. The number of aromatic amines is 1. The molecule has 0 saturated heterocycles. The van der Waals surface area contributed by atoms with Gasteiger partial charge in [-0.25, -0.2) is 14.8 Å². The highest BCUT2D eigenvalue weighted by Crippen LogP contribution is 2.29. The summed E-state index contributed by atoms with van der Waals surface area (Å²) in [5, 5.41) is 9.18. The van der Waals surface area contributed by atoms with Crippen LogP contribution in [0, 0.1) is 0 Å². The highest BCUT2D eigenvalue weighted by molar-refractivity contribution is 5.92. The van der Waals surface area contributed by atoms with Crippen LogP contribution in [0.3, 0.4) is 0 Å². The SMILES string of the molecule is Nc1nc(-c2ccc[nH]2)c(-c2ccc(=O)n(C(F)F)c2)nc1C(=O)O. The number of H-pyrrole nitrogens is 1. The van der Waals surface area contributed by atoms with E-state index in [-0.39, 0.29) is 27.3 Å². The second-order valence-corrected chi connectivity index (χ2v) is 4.98. The molecule has 3 rings (SSSR count). The lowest BCUT2D eigenvalue weighted by Crippen LogP contribution is -2.19. The summed E-state index contributed by atoms with van der Waals surface area (Å²) in [6, 6.07) is 5.51. The number of nitrogen functional groups attached to an aromatic ring is 1. The number of aromatic nitrogens is 4. The quantitative estimate of drug-likeness (QED) is 0.662. The van der Waals surface area contributed by atoms with Crippen molar-refractivity contribution in [3.63, 3.8) is 0 Å². The van der Waals surface area contributed by atoms with Gasteiger partial charge in [-0.1, -0.05) is 0 Å². The number of nitrogens with zero attached hydrogens (tertiary/aromatic N) is 3. The Labute approximate surface area is 138 Å². The fraction of sp³-hybridized carbons (Fsp3) is 0.0667. The molecule has 0 radical (unpaired) electrons. The average molecular weight is 347 g/mol. The zero-order valence-electron chi connectivity index (χ0n) is 12.5. The second-order valence-electron chi connectivity index (χ2n) is 4.98. The van der Waals surface area contributed by atoms with Gasteiger partial charge in [-0.2, -0.15) is 8.78 Å². The van der Waals surface area contributed by atoms with Crippen molar-refractivity contribution >= 4 is 11.8 Å². The number of halogens is 2. The van der Waals surface area contributed by atoms with Crippen molar-refractivity contribution in [2.75, 3.05) is 5.73 Å². The van der Waals surface area contributed by atoms with Crippen molar-refractivity contribution in [3.05, 3.63) is 52.7 Å². The van der Waals surface area contributed by atoms with Gasteiger partial charge >= 0.3 is 12.5 Å². The molecule has 25 heavy (non-hydrogen) atoms. The van der Waals surface area contributed by atoms with Crippen molar-refractivity contribution in [1.29, 1.82) is 0 Å². The summed E-state index contributed by atoms with van der Waals surface area (Å²) >= 11 is 0. The van der Waals surface area contributed by atoms with E-state index in [2.05, 4.69) is 15.0 Å². The zero-order valence-corrected chi connectivity index (χ0v) is 12.5. The molecule has 0 spiro atoms. The van der Waals surface area contributed by atoms with Crippen molar-refractivity contribution < 1.29 is 18.7 Å². The van der Waals surface area contributed by atoms with Gasteiger partial charge in [0.05, 0.1) is 5.69 Å². The second kappa shape index (κ2) is 6.15. The number of nitrogens with two attached hydrogens (primary N) is 1. The van der Waals surface area contributed by atoms with Crippen LogP contribution in [0.2, 0.25) is 0 Å². The minimum absolute atomic E-state index is 0.00319. The van der Waals surface area contributed by atoms with E-state index in [9.17, 15) is 23.5 Å². The van der Waals surface area contributed by atoms with E-state index < -0.39 is 23.8 Å². The van der Waals surface area contributed by atoms with E-state index in [1.54, 1.807) is 18.3 Å². The molecule has 3 aromatic heterocycles. The maximum atomic E-state index is 13.0. The number of aromatic carboxylic acids is 1. The maximum Gasteiger partial charge on any atom is 0.358 e. The largest absolute Gasteiger partial charge is 0.476 e. The summed E-state index contributed by atoms with van der Waals surface area (Å²) in [6.07, 6.45) is 2.49. The number of carboxylic acids is 1. The molecule has 0 amide bonds. The van der Waals surface area contributed by atoms with Crippen LogP contribution >= 0.6 is 0 Å². The van der Waals surface area contributed by atoms with Crippen LogP contribution in [0.5, 0.6) is 0 Å². The molecule has 8 nitrogen and oxygen atoms in total. The Hall–Kier alpha value is -3.56. The van der Waals surface area contributed by atoms with E-state index in [4.69, 9.17) is 5.73 Å². The molecule has 4 N–H and O–H groups in total. The first kappa shape index (κ1) is 16.3. The highest BCUT2D eigenvalue weighted by Gasteiger charge is 2.21. The number of carboxylic acid groups (broad SMARTS) is 1. The van der Waals surface area contributed by atoms with Gasteiger partial charge < -0.3 is 15.8 Å². The number of alkyl halides is 2. The normalized spacial score (nSPS) is 11.0. The number of hydrogen-bond acceptors (Lipinski definition) is 5. The first-order valence-corrected chi connectivity index (χ1v) is 6.93. The lowest BCUT2D eigenvalue weighted by Gasteiger charge is -2.12. The van der Waals surface area contributed by atoms with Crippen LogP contribution in [0.15, 0.2) is 41.5 Å². The lowest BCUT2D eigenvalue weighted by molar-refractivity contribution is 0.0662. The molecular weight excluding hydrogens is 336 g/mol. The van der Waals surface area contributed by atoms with Crippen LogP contribution in [0.4, 0.5) is 14.6 Å². The maximum absolute atomic E-state index is 13.0. The van der Waals surface area contributed by atoms with Gasteiger partial charge in [0.15, 0.2) is 11.5 Å². The molecule has 128 valence electrons. The summed E-state index contributed by atoms with van der Waals surface area (Å²) in [4.78, 5) is 33.6. The third kappa shape index (κ3) is 2.96. The number of pyridine rings is 1. The summed E-state index contributed by atoms with van der Waals surface area (Å²) < 4.78 is 26.2. The smallest absolute Gasteiger partial charge is 0.358 e. The van der Waals surface area contributed by atoms with Gasteiger partial charge in [-0.15, -0.1) is 0 Å². The van der Waals surface area contributed by atoms with Crippen molar-refractivity contribution in [3.8, 4) is 22.6 Å². The predicted molar refractivity (Wildman–Crippen MR) is 84.1 cm³/mol. The summed E-state index contributed by atoms with van der Waals surface area (Å²) in [6.45, 7) is -3.05. The van der Waals surface area contributed by atoms with Gasteiger partial charge in [-0.05, 0) is 18.2 Å². The minimum atomic E-state index is -3.05. The van der Waals surface area contributed by atoms with E-state index in [0.29, 0.717) is 5.69 Å². The number of nitrogens with one attached hydrogen (secondary N) is 1. The summed E-state index contributed by atoms with van der Waals surface area (Å²) in [5.41, 5.74) is 4.95. The Bertz CT molecular complexity index is 999. The van der Waals surface area contributed by atoms with Gasteiger partial charge in [0.25, 0.3) is 5.56 Å². The third-order valence-corrected chi connectivity index (χ3v) is 3.40. The average Bonchev–Trinajstić information content (AvgIpc) is 3.09. The highest BCUT2D eigenvalue weighted by atomic mass is 19.3. The zero-order chi connectivity index (χ0) is 18.1. The Balaban J connectivity index is 2.30. The van der Waals surface area contributed by atoms with Crippen LogP contribution < -0.4 is 11.3 Å². The number of carbonyl (C=O) groups is 1. The van der Waals surface area contributed by atoms with E-state index in [1.165, 1.54) is 6.07 Å². The predicted octanol–water partition coefficient (Wildman–Crippen LogP) is 1.98. The van der Waals surface area contributed by atoms with E-state index in [1.807, 2.05) is 0 Å². The monoisotopic (exact) mass is 347 g/mol. The fourth-order valence-electron chi connectivity index (χ4n) is 2.27. The van der Waals surface area contributed by atoms with Gasteiger partial charge in [0.1, 0.15) is 11.4 Å². The topological polar surface area (TPSA) is 127 Å². The van der Waals surface area contributed by atoms with Crippen molar-refractivity contribution in [2.45, 2.75) is 6.55 Å². The fourth-order valence-corrected chi connectivity index (χ4v) is 2.27. The third-order valence-electron chi connectivity index (χ3n) is 3.40. The lowest BCUT2D eigenvalue weighted by atomic mass is 10.1. The summed E-state index contributed by atoms with van der Waals surface area (Å²) in [5.74, 6) is -1.73. The van der Waals surface area contributed by atoms with Gasteiger partial charge in [-0.3, -0.25) is 9.36 Å². The van der Waals surface area contributed by atoms with Crippen LogP contribution in [0.1, 0.15) is 17.0 Å². The standard InChI is InChI=1S/C15H11F2N5O3/c16-15(17)22-6-7(3-4-9(22)23)10-11(8-2-1-5-19-8)21-13(18)12(20-10)14(24)25/h1-6,15,19H,(H2,18,21)(H,24,25). The van der Waals surface area contributed by atoms with E-state index in [0.717, 1.165) is 12.3 Å². The number of rotatable bonds is 4. The first-order valence-electron chi connectivity index (χ1n) is 6.93. The molecule has 0 aliphatic carbocycles. The Kier molecular flexibility index (Phi) is 4.01. The molecule has 3 heterocycles. The molecule has 0 bridgehead atoms. The Morgan fingerprint density at radius 2 is 2.00 bits per heavy atom. The minimum Gasteiger partial charge on any atom is -0.476 e. The van der Waals surface area contributed by atoms with Crippen LogP contribution in [-0.4, -0.2) is 30.6 Å². The Morgan fingerprint density at radius 1 is 1.24 bits per heavy atom. The van der Waals surface area contributed by atoms with Gasteiger partial charge in [0.2, 0.25) is 0 Å². The van der Waals surface area contributed by atoms with Crippen molar-refractivity contribution in [2.24, 2.45) is 0 Å². The van der Waals surface area contributed by atoms with Crippen LogP contribution in [-0.2, 0) is 0 Å². The molecule has 0 aliphatic rings. The van der Waals surface area contributed by atoms with Crippen molar-refractivity contribution in [1.82, 2.24) is 19.5 Å². The molecule has 0 saturated carbocycles. The molecule has 0 unspecified atom stereocenters. The summed E-state index contributed by atoms with van der Waals surface area (Å²) in [7, 11) is 0. The molecular formula is C15H11F2N5O3. The van der Waals surface area contributed by atoms with Crippen LogP contribution in [0.25, 0.3) is 22.6 Å². The Morgan fingerprint density at radius 3 is 2.60 bits per heavy atom. The first-order chi connectivity index (χ1) is 11.9.